The van der Waals surface area contributed by atoms with Crippen LogP contribution in [0.2, 0.25) is 0 Å². The van der Waals surface area contributed by atoms with Crippen LogP contribution in [0.1, 0.15) is 23.1 Å². The Kier molecular flexibility index (Phi) is 8.22. The number of benzene rings is 3. The van der Waals surface area contributed by atoms with Gasteiger partial charge in [-0.25, -0.2) is 0 Å². The molecule has 4 nitrogen and oxygen atoms in total. The van der Waals surface area contributed by atoms with Gasteiger partial charge in [-0.1, -0.05) is 91.0 Å². The van der Waals surface area contributed by atoms with Gasteiger partial charge in [0.05, 0.1) is 0 Å². The van der Waals surface area contributed by atoms with Crippen molar-refractivity contribution in [2.24, 2.45) is 0 Å². The number of hydrogen-bond donors (Lipinski definition) is 0. The minimum Gasteiger partial charge on any atom is -0.459 e. The standard InChI is InChI=1S/C26H27NO3/c28-25(17-16-22-10-4-1-5-11-22)27(19-18-23-12-6-2-7-13-23)20-26(29)30-21-24-14-8-3-9-15-24/h1-15H,16-21H2. The molecule has 0 radical (unpaired) electrons. The first-order chi connectivity index (χ1) is 14.7. The molecule has 0 atom stereocenters. The topological polar surface area (TPSA) is 46.6 Å². The molecule has 30 heavy (non-hydrogen) atoms. The second-order valence-corrected chi connectivity index (χ2v) is 7.18. The van der Waals surface area contributed by atoms with Crippen molar-refractivity contribution in [3.05, 3.63) is 108 Å². The summed E-state index contributed by atoms with van der Waals surface area (Å²) in [4.78, 5) is 26.9. The van der Waals surface area contributed by atoms with Crippen LogP contribution in [0.5, 0.6) is 0 Å². The van der Waals surface area contributed by atoms with Crippen molar-refractivity contribution >= 4 is 11.9 Å². The van der Waals surface area contributed by atoms with Crippen LogP contribution < -0.4 is 0 Å². The Bertz CT molecular complexity index is 911. The molecule has 3 aromatic rings. The summed E-state index contributed by atoms with van der Waals surface area (Å²) in [5.41, 5.74) is 3.17. The molecule has 0 heterocycles. The molecule has 0 N–H and O–H groups in total. The smallest absolute Gasteiger partial charge is 0.325 e. The van der Waals surface area contributed by atoms with Gasteiger partial charge in [0.2, 0.25) is 5.91 Å². The number of aryl methyl sites for hydroxylation is 1. The van der Waals surface area contributed by atoms with E-state index in [0.29, 0.717) is 25.8 Å². The van der Waals surface area contributed by atoms with Crippen LogP contribution >= 0.6 is 0 Å². The van der Waals surface area contributed by atoms with Gasteiger partial charge in [0, 0.05) is 13.0 Å². The van der Waals surface area contributed by atoms with Crippen LogP contribution in [0.15, 0.2) is 91.0 Å². The van der Waals surface area contributed by atoms with Crippen molar-refractivity contribution in [1.29, 1.82) is 0 Å². The van der Waals surface area contributed by atoms with E-state index in [0.717, 1.165) is 16.7 Å². The predicted octanol–water partition coefficient (Wildman–Crippen LogP) is 4.43. The lowest BCUT2D eigenvalue weighted by molar-refractivity contribution is -0.150. The molecule has 0 aromatic heterocycles. The van der Waals surface area contributed by atoms with Gasteiger partial charge < -0.3 is 9.64 Å². The van der Waals surface area contributed by atoms with Gasteiger partial charge in [-0.05, 0) is 29.5 Å². The molecule has 3 aromatic carbocycles. The van der Waals surface area contributed by atoms with Crippen molar-refractivity contribution < 1.29 is 14.3 Å². The summed E-state index contributed by atoms with van der Waals surface area (Å²) in [6.45, 7) is 0.662. The first-order valence-electron chi connectivity index (χ1n) is 10.3. The lowest BCUT2D eigenvalue weighted by Gasteiger charge is -2.22. The summed E-state index contributed by atoms with van der Waals surface area (Å²) in [7, 11) is 0. The molecular formula is C26H27NO3. The number of esters is 1. The third kappa shape index (κ3) is 7.21. The van der Waals surface area contributed by atoms with E-state index in [1.54, 1.807) is 4.90 Å². The van der Waals surface area contributed by atoms with Gasteiger partial charge in [0.15, 0.2) is 0 Å². The van der Waals surface area contributed by atoms with Gasteiger partial charge in [-0.15, -0.1) is 0 Å². The molecule has 1 amide bonds. The van der Waals surface area contributed by atoms with E-state index in [1.807, 2.05) is 91.0 Å². The van der Waals surface area contributed by atoms with E-state index in [4.69, 9.17) is 4.74 Å². The molecule has 154 valence electrons. The predicted molar refractivity (Wildman–Crippen MR) is 118 cm³/mol. The van der Waals surface area contributed by atoms with Crippen LogP contribution in [0.3, 0.4) is 0 Å². The van der Waals surface area contributed by atoms with Gasteiger partial charge >= 0.3 is 5.97 Å². The summed E-state index contributed by atoms with van der Waals surface area (Å²) in [6.07, 6.45) is 1.72. The van der Waals surface area contributed by atoms with Crippen molar-refractivity contribution in [1.82, 2.24) is 4.90 Å². The highest BCUT2D eigenvalue weighted by atomic mass is 16.5. The zero-order valence-corrected chi connectivity index (χ0v) is 17.1. The quantitative estimate of drug-likeness (QED) is 0.472. The molecule has 0 unspecified atom stereocenters. The first-order valence-corrected chi connectivity index (χ1v) is 10.3. The maximum atomic E-state index is 12.9. The van der Waals surface area contributed by atoms with Gasteiger partial charge in [-0.3, -0.25) is 9.59 Å². The molecule has 0 bridgehead atoms. The number of ether oxygens (including phenoxy) is 1. The zero-order valence-electron chi connectivity index (χ0n) is 17.1. The van der Waals surface area contributed by atoms with Crippen LogP contribution in [0.25, 0.3) is 0 Å². The Morgan fingerprint density at radius 2 is 1.17 bits per heavy atom. The average molecular weight is 402 g/mol. The van der Waals surface area contributed by atoms with E-state index >= 15 is 0 Å². The van der Waals surface area contributed by atoms with Gasteiger partial charge in [0.25, 0.3) is 0 Å². The third-order valence-corrected chi connectivity index (χ3v) is 4.90. The molecule has 0 aliphatic heterocycles. The number of carbonyl (C=O) groups excluding carboxylic acids is 2. The number of carbonyl (C=O) groups is 2. The van der Waals surface area contributed by atoms with E-state index in [-0.39, 0.29) is 25.0 Å². The number of nitrogens with zero attached hydrogens (tertiary/aromatic N) is 1. The molecule has 0 aliphatic carbocycles. The second kappa shape index (κ2) is 11.6. The van der Waals surface area contributed by atoms with Crippen LogP contribution in [-0.4, -0.2) is 29.9 Å². The number of amides is 1. The average Bonchev–Trinajstić information content (AvgIpc) is 2.81. The fourth-order valence-corrected chi connectivity index (χ4v) is 3.19. The minimum atomic E-state index is -0.389. The summed E-state index contributed by atoms with van der Waals surface area (Å²) in [6, 6.07) is 29.4. The molecule has 3 rings (SSSR count). The van der Waals surface area contributed by atoms with E-state index in [2.05, 4.69) is 0 Å². The summed E-state index contributed by atoms with van der Waals surface area (Å²) in [5, 5.41) is 0. The molecule has 0 spiro atoms. The largest absolute Gasteiger partial charge is 0.459 e. The highest BCUT2D eigenvalue weighted by Gasteiger charge is 2.18. The van der Waals surface area contributed by atoms with E-state index in [9.17, 15) is 9.59 Å². The zero-order chi connectivity index (χ0) is 21.0. The fraction of sp³-hybridized carbons (Fsp3) is 0.231. The molecule has 4 heteroatoms. The normalized spacial score (nSPS) is 10.4. The molecule has 0 aliphatic rings. The first kappa shape index (κ1) is 21.3. The Morgan fingerprint density at radius 3 is 1.73 bits per heavy atom. The summed E-state index contributed by atoms with van der Waals surface area (Å²) < 4.78 is 5.39. The summed E-state index contributed by atoms with van der Waals surface area (Å²) in [5.74, 6) is -0.425. The van der Waals surface area contributed by atoms with Gasteiger partial charge in [-0.2, -0.15) is 0 Å². The number of hydrogen-bond acceptors (Lipinski definition) is 3. The molecule has 0 fully saturated rings. The number of rotatable bonds is 10. The van der Waals surface area contributed by atoms with Crippen LogP contribution in [-0.2, 0) is 33.8 Å². The lowest BCUT2D eigenvalue weighted by Crippen LogP contribution is -2.38. The maximum absolute atomic E-state index is 12.9. The van der Waals surface area contributed by atoms with Crippen LogP contribution in [0, 0.1) is 0 Å². The van der Waals surface area contributed by atoms with Crippen molar-refractivity contribution in [3.63, 3.8) is 0 Å². The molecule has 0 saturated heterocycles. The Morgan fingerprint density at radius 1 is 0.667 bits per heavy atom. The molecule has 0 saturated carbocycles. The van der Waals surface area contributed by atoms with Crippen LogP contribution in [0.4, 0.5) is 0 Å². The van der Waals surface area contributed by atoms with Crippen molar-refractivity contribution in [2.75, 3.05) is 13.1 Å². The Labute approximate surface area is 178 Å². The summed E-state index contributed by atoms with van der Waals surface area (Å²) >= 11 is 0. The lowest BCUT2D eigenvalue weighted by atomic mass is 10.1. The van der Waals surface area contributed by atoms with E-state index in [1.165, 1.54) is 0 Å². The third-order valence-electron chi connectivity index (χ3n) is 4.90. The van der Waals surface area contributed by atoms with Crippen molar-refractivity contribution in [2.45, 2.75) is 25.9 Å². The monoisotopic (exact) mass is 401 g/mol. The Hall–Kier alpha value is -3.40. The SMILES string of the molecule is O=C(CN(CCc1ccccc1)C(=O)CCc1ccccc1)OCc1ccccc1. The van der Waals surface area contributed by atoms with Gasteiger partial charge in [0.1, 0.15) is 13.2 Å². The minimum absolute atomic E-state index is 0.0344. The Balaban J connectivity index is 1.57. The fourth-order valence-electron chi connectivity index (χ4n) is 3.19. The molecular weight excluding hydrogens is 374 g/mol. The highest BCUT2D eigenvalue weighted by Crippen LogP contribution is 2.08. The maximum Gasteiger partial charge on any atom is 0.325 e. The van der Waals surface area contributed by atoms with E-state index < -0.39 is 0 Å². The van der Waals surface area contributed by atoms with Crippen molar-refractivity contribution in [3.8, 4) is 0 Å². The second-order valence-electron chi connectivity index (χ2n) is 7.18. The highest BCUT2D eigenvalue weighted by molar-refractivity contribution is 5.82.